The molecule has 0 spiro atoms. The van der Waals surface area contributed by atoms with E-state index in [0.29, 0.717) is 26.2 Å². The molecule has 0 saturated carbocycles. The van der Waals surface area contributed by atoms with Crippen LogP contribution in [0.15, 0.2) is 24.3 Å². The molecule has 130 valence electrons. The zero-order valence-corrected chi connectivity index (χ0v) is 13.4. The molecule has 7 heteroatoms. The van der Waals surface area contributed by atoms with E-state index in [4.69, 9.17) is 9.47 Å². The van der Waals surface area contributed by atoms with Crippen molar-refractivity contribution in [1.82, 2.24) is 4.90 Å². The smallest absolute Gasteiger partial charge is 0.311 e. The predicted molar refractivity (Wildman–Crippen MR) is 82.1 cm³/mol. The number of rotatable bonds is 4. The summed E-state index contributed by atoms with van der Waals surface area (Å²) in [5, 5.41) is 9.64. The van der Waals surface area contributed by atoms with Gasteiger partial charge in [0.25, 0.3) is 5.91 Å². The van der Waals surface area contributed by atoms with Crippen molar-refractivity contribution in [1.29, 1.82) is 0 Å². The second-order valence-corrected chi connectivity index (χ2v) is 6.42. The predicted octanol–water partition coefficient (Wildman–Crippen LogP) is 1.54. The van der Waals surface area contributed by atoms with Crippen LogP contribution in [0.5, 0.6) is 5.75 Å². The fraction of sp³-hybridized carbons (Fsp3) is 0.529. The Morgan fingerprint density at radius 3 is 2.96 bits per heavy atom. The summed E-state index contributed by atoms with van der Waals surface area (Å²) in [6, 6.07) is 5.58. The molecule has 0 bridgehead atoms. The van der Waals surface area contributed by atoms with Gasteiger partial charge in [-0.2, -0.15) is 0 Å². The Bertz CT molecular complexity index is 652. The van der Waals surface area contributed by atoms with Gasteiger partial charge in [0.05, 0.1) is 12.0 Å². The van der Waals surface area contributed by atoms with Gasteiger partial charge in [-0.1, -0.05) is 6.07 Å². The van der Waals surface area contributed by atoms with E-state index in [2.05, 4.69) is 0 Å². The molecule has 2 aliphatic heterocycles. The van der Waals surface area contributed by atoms with Crippen LogP contribution in [0.25, 0.3) is 0 Å². The number of carboxylic acids is 1. The Kier molecular flexibility index (Phi) is 4.45. The zero-order chi connectivity index (χ0) is 17.3. The highest BCUT2D eigenvalue weighted by molar-refractivity contribution is 5.84. The van der Waals surface area contributed by atoms with E-state index in [0.717, 1.165) is 0 Å². The van der Waals surface area contributed by atoms with E-state index in [1.807, 2.05) is 0 Å². The van der Waals surface area contributed by atoms with Crippen molar-refractivity contribution in [3.05, 3.63) is 30.1 Å². The molecule has 1 amide bonds. The Hall–Kier alpha value is -2.15. The van der Waals surface area contributed by atoms with Gasteiger partial charge in [0.1, 0.15) is 11.6 Å². The largest absolute Gasteiger partial charge is 0.481 e. The van der Waals surface area contributed by atoms with Gasteiger partial charge in [0.15, 0.2) is 6.10 Å². The lowest BCUT2D eigenvalue weighted by Crippen LogP contribution is -2.45. The average molecular weight is 337 g/mol. The third-order valence-corrected chi connectivity index (χ3v) is 4.90. The summed E-state index contributed by atoms with van der Waals surface area (Å²) in [7, 11) is 0. The fourth-order valence-corrected chi connectivity index (χ4v) is 3.52. The van der Waals surface area contributed by atoms with Gasteiger partial charge in [0, 0.05) is 31.7 Å². The number of amides is 1. The molecule has 1 unspecified atom stereocenters. The molecule has 0 aromatic heterocycles. The number of hydrogen-bond acceptors (Lipinski definition) is 4. The lowest BCUT2D eigenvalue weighted by Gasteiger charge is -2.33. The van der Waals surface area contributed by atoms with E-state index < -0.39 is 23.3 Å². The molecule has 24 heavy (non-hydrogen) atoms. The Labute approximate surface area is 139 Å². The van der Waals surface area contributed by atoms with Crippen LogP contribution in [0.1, 0.15) is 13.3 Å². The fourth-order valence-electron chi connectivity index (χ4n) is 3.52. The summed E-state index contributed by atoms with van der Waals surface area (Å²) in [6.45, 7) is 2.81. The highest BCUT2D eigenvalue weighted by atomic mass is 19.1. The van der Waals surface area contributed by atoms with Gasteiger partial charge in [-0.05, 0) is 25.5 Å². The average Bonchev–Trinajstić information content (AvgIpc) is 2.95. The maximum absolute atomic E-state index is 13.2. The summed E-state index contributed by atoms with van der Waals surface area (Å²) in [5.74, 6) is -1.57. The van der Waals surface area contributed by atoms with Crippen LogP contribution in [-0.2, 0) is 14.3 Å². The minimum atomic E-state index is -0.938. The first-order chi connectivity index (χ1) is 11.4. The number of aliphatic carboxylic acids is 1. The van der Waals surface area contributed by atoms with E-state index >= 15 is 0 Å². The molecule has 1 N–H and O–H groups in total. The van der Waals surface area contributed by atoms with Gasteiger partial charge in [-0.25, -0.2) is 4.39 Å². The number of ether oxygens (including phenoxy) is 2. The first-order valence-corrected chi connectivity index (χ1v) is 7.94. The molecule has 3 rings (SSSR count). The maximum atomic E-state index is 13.2. The van der Waals surface area contributed by atoms with Crippen LogP contribution in [0, 0.1) is 17.2 Å². The Balaban J connectivity index is 1.70. The monoisotopic (exact) mass is 337 g/mol. The normalized spacial score (nSPS) is 27.4. The van der Waals surface area contributed by atoms with Crippen LogP contribution >= 0.6 is 0 Å². The standard InChI is InChI=1S/C17H20FNO5/c1-11(24-14-4-2-3-13(18)7-14)15(20)19-8-12-9-23-6-5-17(12,10-19)16(21)22/h2-4,7,11-12H,5-6,8-10H2,1H3,(H,21,22)/t11?,12-,17+/m0/s1. The van der Waals surface area contributed by atoms with Crippen LogP contribution in [0.4, 0.5) is 4.39 Å². The van der Waals surface area contributed by atoms with Crippen LogP contribution in [0.3, 0.4) is 0 Å². The van der Waals surface area contributed by atoms with Crippen LogP contribution in [-0.4, -0.2) is 54.3 Å². The van der Waals surface area contributed by atoms with Crippen LogP contribution < -0.4 is 4.74 Å². The number of carbonyl (C=O) groups excluding carboxylic acids is 1. The maximum Gasteiger partial charge on any atom is 0.311 e. The zero-order valence-electron chi connectivity index (χ0n) is 13.4. The van der Waals surface area contributed by atoms with Crippen LogP contribution in [0.2, 0.25) is 0 Å². The number of fused-ring (bicyclic) bond motifs is 1. The number of likely N-dealkylation sites (tertiary alicyclic amines) is 1. The van der Waals surface area contributed by atoms with E-state index in [1.54, 1.807) is 13.0 Å². The molecule has 6 nitrogen and oxygen atoms in total. The molecule has 0 aliphatic carbocycles. The van der Waals surface area contributed by atoms with Crippen molar-refractivity contribution < 1.29 is 28.6 Å². The Morgan fingerprint density at radius 2 is 2.29 bits per heavy atom. The number of halogens is 1. The van der Waals surface area contributed by atoms with Crippen molar-refractivity contribution in [2.45, 2.75) is 19.4 Å². The Morgan fingerprint density at radius 1 is 1.50 bits per heavy atom. The lowest BCUT2D eigenvalue weighted by atomic mass is 9.74. The second kappa shape index (κ2) is 6.39. The molecule has 1 aromatic rings. The SMILES string of the molecule is CC(Oc1cccc(F)c1)C(=O)N1C[C@H]2COCC[C@@]2(C(=O)O)C1. The summed E-state index contributed by atoms with van der Waals surface area (Å²) < 4.78 is 24.1. The molecule has 2 fully saturated rings. The molecule has 1 aromatic carbocycles. The lowest BCUT2D eigenvalue weighted by molar-refractivity contribution is -0.157. The van der Waals surface area contributed by atoms with Crippen molar-refractivity contribution in [3.63, 3.8) is 0 Å². The van der Waals surface area contributed by atoms with Crippen molar-refractivity contribution >= 4 is 11.9 Å². The number of nitrogens with zero attached hydrogens (tertiary/aromatic N) is 1. The number of carbonyl (C=O) groups is 2. The van der Waals surface area contributed by atoms with Gasteiger partial charge < -0.3 is 19.5 Å². The third kappa shape index (κ3) is 2.96. The van der Waals surface area contributed by atoms with Gasteiger partial charge in [-0.15, -0.1) is 0 Å². The summed E-state index contributed by atoms with van der Waals surface area (Å²) >= 11 is 0. The first-order valence-electron chi connectivity index (χ1n) is 7.94. The third-order valence-electron chi connectivity index (χ3n) is 4.90. The first kappa shape index (κ1) is 16.7. The summed E-state index contributed by atoms with van der Waals surface area (Å²) in [5.41, 5.74) is -0.938. The van der Waals surface area contributed by atoms with Gasteiger partial charge in [-0.3, -0.25) is 9.59 Å². The number of carboxylic acid groups (broad SMARTS) is 1. The number of benzene rings is 1. The highest BCUT2D eigenvalue weighted by Gasteiger charge is 2.55. The minimum Gasteiger partial charge on any atom is -0.481 e. The molecular weight excluding hydrogens is 317 g/mol. The molecule has 2 aliphatic rings. The van der Waals surface area contributed by atoms with E-state index in [1.165, 1.54) is 23.1 Å². The van der Waals surface area contributed by atoms with E-state index in [-0.39, 0.29) is 24.1 Å². The molecular formula is C17H20FNO5. The molecule has 0 radical (unpaired) electrons. The van der Waals surface area contributed by atoms with Crippen molar-refractivity contribution in [3.8, 4) is 5.75 Å². The minimum absolute atomic E-state index is 0.159. The summed E-state index contributed by atoms with van der Waals surface area (Å²) in [4.78, 5) is 25.9. The van der Waals surface area contributed by atoms with Crippen molar-refractivity contribution in [2.24, 2.45) is 11.3 Å². The number of hydrogen-bond donors (Lipinski definition) is 1. The summed E-state index contributed by atoms with van der Waals surface area (Å²) in [6.07, 6.45) is -0.422. The molecule has 2 heterocycles. The quantitative estimate of drug-likeness (QED) is 0.902. The van der Waals surface area contributed by atoms with Crippen molar-refractivity contribution in [2.75, 3.05) is 26.3 Å². The van der Waals surface area contributed by atoms with E-state index in [9.17, 15) is 19.1 Å². The molecule has 3 atom stereocenters. The molecule has 2 saturated heterocycles. The van der Waals surface area contributed by atoms with Gasteiger partial charge in [0.2, 0.25) is 0 Å². The van der Waals surface area contributed by atoms with Gasteiger partial charge >= 0.3 is 5.97 Å². The second-order valence-electron chi connectivity index (χ2n) is 6.42. The highest BCUT2D eigenvalue weighted by Crippen LogP contribution is 2.42. The topological polar surface area (TPSA) is 76.1 Å².